The fourth-order valence-corrected chi connectivity index (χ4v) is 5.74. The fraction of sp³-hybridized carbons (Fsp3) is 0. The maximum Gasteiger partial charge on any atom is 0.160 e. The quantitative estimate of drug-likeness (QED) is 0.176. The van der Waals surface area contributed by atoms with Gasteiger partial charge in [-0.25, -0.2) is 15.0 Å². The number of pyridine rings is 1. The number of rotatable bonds is 3. The first-order valence-corrected chi connectivity index (χ1v) is 13.5. The number of aromatic nitrogens is 3. The summed E-state index contributed by atoms with van der Waals surface area (Å²) in [6, 6.07) is 48.5. The van der Waals surface area contributed by atoms with Crippen molar-refractivity contribution in [1.82, 2.24) is 15.0 Å². The number of hydrogen-bond donors (Lipinski definition) is 0. The van der Waals surface area contributed by atoms with Crippen molar-refractivity contribution in [3.63, 3.8) is 0 Å². The summed E-state index contributed by atoms with van der Waals surface area (Å²) in [7, 11) is 0. The fourth-order valence-electron chi connectivity index (χ4n) is 5.74. The highest BCUT2D eigenvalue weighted by Gasteiger charge is 2.15. The van der Waals surface area contributed by atoms with E-state index in [2.05, 4.69) is 109 Å². The molecule has 6 aromatic carbocycles. The summed E-state index contributed by atoms with van der Waals surface area (Å²) < 4.78 is 0. The van der Waals surface area contributed by atoms with Crippen LogP contribution in [-0.2, 0) is 0 Å². The average Bonchev–Trinajstić information content (AvgIpc) is 3.03. The summed E-state index contributed by atoms with van der Waals surface area (Å²) in [5, 5.41) is 5.72. The van der Waals surface area contributed by atoms with Crippen LogP contribution in [0.2, 0.25) is 0 Å². The van der Waals surface area contributed by atoms with Gasteiger partial charge in [-0.1, -0.05) is 127 Å². The molecule has 0 radical (unpaired) electrons. The van der Waals surface area contributed by atoms with Crippen LogP contribution in [0, 0.1) is 0 Å². The van der Waals surface area contributed by atoms with Crippen LogP contribution in [0.3, 0.4) is 0 Å². The van der Waals surface area contributed by atoms with Crippen molar-refractivity contribution in [2.45, 2.75) is 0 Å². The van der Waals surface area contributed by atoms with Gasteiger partial charge in [0.15, 0.2) is 5.82 Å². The molecule has 0 bridgehead atoms. The Kier molecular flexibility index (Phi) is 5.14. The minimum atomic E-state index is 0.733. The van der Waals surface area contributed by atoms with Crippen LogP contribution in [0.1, 0.15) is 0 Å². The molecule has 2 heterocycles. The lowest BCUT2D eigenvalue weighted by atomic mass is 9.93. The predicted octanol–water partition coefficient (Wildman–Crippen LogP) is 9.49. The van der Waals surface area contributed by atoms with E-state index in [9.17, 15) is 0 Å². The number of nitrogens with zero attached hydrogens (tertiary/aromatic N) is 3. The van der Waals surface area contributed by atoms with Gasteiger partial charge >= 0.3 is 0 Å². The largest absolute Gasteiger partial charge is 0.247 e. The van der Waals surface area contributed by atoms with Crippen molar-refractivity contribution in [2.24, 2.45) is 0 Å². The molecule has 3 nitrogen and oxygen atoms in total. The molecule has 0 saturated heterocycles. The Bertz CT molecular complexity index is 2200. The zero-order valence-electron chi connectivity index (χ0n) is 21.6. The Balaban J connectivity index is 1.34. The van der Waals surface area contributed by atoms with E-state index in [4.69, 9.17) is 15.0 Å². The lowest BCUT2D eigenvalue weighted by Crippen LogP contribution is -1.95. The number of para-hydroxylation sites is 2. The monoisotopic (exact) mass is 509 g/mol. The summed E-state index contributed by atoms with van der Waals surface area (Å²) in [4.78, 5) is 15.0. The molecule has 8 rings (SSSR count). The molecule has 3 heteroatoms. The van der Waals surface area contributed by atoms with Crippen LogP contribution in [0.4, 0.5) is 0 Å². The summed E-state index contributed by atoms with van der Waals surface area (Å²) in [5.41, 5.74) is 8.34. The lowest BCUT2D eigenvalue weighted by Gasteiger charge is -2.14. The number of hydrogen-bond acceptors (Lipinski definition) is 3. The molecular formula is C37H23N3. The third kappa shape index (κ3) is 3.63. The van der Waals surface area contributed by atoms with Gasteiger partial charge < -0.3 is 0 Å². The highest BCUT2D eigenvalue weighted by atomic mass is 14.9. The molecule has 0 spiro atoms. The second-order valence-corrected chi connectivity index (χ2v) is 10.0. The number of benzene rings is 6. The smallest absolute Gasteiger partial charge is 0.160 e. The standard InChI is InChI=1S/C37H23N3/c1-2-11-27(12-3-1)37-39-33-17-9-7-15-30(33)35(40-37)26-20-18-25(19-21-26)34-29-14-6-8-16-32(29)38-36-28-13-5-4-10-24(28)22-23-31(34)36/h1-23H. The Morgan fingerprint density at radius 2 is 0.975 bits per heavy atom. The molecule has 8 aromatic rings. The summed E-state index contributed by atoms with van der Waals surface area (Å²) >= 11 is 0. The first-order valence-electron chi connectivity index (χ1n) is 13.5. The molecule has 0 saturated carbocycles. The van der Waals surface area contributed by atoms with Crippen molar-refractivity contribution in [1.29, 1.82) is 0 Å². The molecular weight excluding hydrogens is 486 g/mol. The molecule has 0 N–H and O–H groups in total. The summed E-state index contributed by atoms with van der Waals surface area (Å²) in [6.07, 6.45) is 0. The third-order valence-corrected chi connectivity index (χ3v) is 7.66. The van der Waals surface area contributed by atoms with Crippen LogP contribution in [0.15, 0.2) is 140 Å². The average molecular weight is 510 g/mol. The van der Waals surface area contributed by atoms with Crippen molar-refractivity contribution in [3.8, 4) is 33.8 Å². The van der Waals surface area contributed by atoms with E-state index >= 15 is 0 Å². The van der Waals surface area contributed by atoms with Gasteiger partial charge in [0.05, 0.1) is 22.2 Å². The van der Waals surface area contributed by atoms with Gasteiger partial charge in [0.25, 0.3) is 0 Å². The van der Waals surface area contributed by atoms with Crippen molar-refractivity contribution < 1.29 is 0 Å². The van der Waals surface area contributed by atoms with Gasteiger partial charge in [-0.05, 0) is 23.1 Å². The molecule has 0 aliphatic rings. The molecule has 0 fully saturated rings. The molecule has 186 valence electrons. The zero-order chi connectivity index (χ0) is 26.5. The summed E-state index contributed by atoms with van der Waals surface area (Å²) in [5.74, 6) is 0.733. The Labute approximate surface area is 231 Å². The zero-order valence-corrected chi connectivity index (χ0v) is 21.6. The van der Waals surface area contributed by atoms with E-state index in [1.54, 1.807) is 0 Å². The molecule has 0 aliphatic carbocycles. The maximum atomic E-state index is 5.11. The van der Waals surface area contributed by atoms with Gasteiger partial charge in [-0.3, -0.25) is 0 Å². The van der Waals surface area contributed by atoms with Crippen molar-refractivity contribution >= 4 is 43.5 Å². The minimum absolute atomic E-state index is 0.733. The Morgan fingerprint density at radius 3 is 1.77 bits per heavy atom. The van der Waals surface area contributed by atoms with E-state index < -0.39 is 0 Å². The van der Waals surface area contributed by atoms with Gasteiger partial charge in [0.2, 0.25) is 0 Å². The van der Waals surface area contributed by atoms with Gasteiger partial charge in [0.1, 0.15) is 0 Å². The molecule has 0 amide bonds. The lowest BCUT2D eigenvalue weighted by molar-refractivity contribution is 1.23. The number of fused-ring (bicyclic) bond motifs is 5. The second kappa shape index (κ2) is 9.11. The predicted molar refractivity (Wildman–Crippen MR) is 166 cm³/mol. The molecule has 40 heavy (non-hydrogen) atoms. The molecule has 0 atom stereocenters. The van der Waals surface area contributed by atoms with Crippen LogP contribution >= 0.6 is 0 Å². The molecule has 2 aromatic heterocycles. The normalized spacial score (nSPS) is 11.5. The van der Waals surface area contributed by atoms with Gasteiger partial charge in [-0.2, -0.15) is 0 Å². The Hall–Kier alpha value is -5.41. The third-order valence-electron chi connectivity index (χ3n) is 7.66. The van der Waals surface area contributed by atoms with E-state index in [-0.39, 0.29) is 0 Å². The van der Waals surface area contributed by atoms with Crippen LogP contribution < -0.4 is 0 Å². The maximum absolute atomic E-state index is 5.11. The van der Waals surface area contributed by atoms with Gasteiger partial charge in [-0.15, -0.1) is 0 Å². The minimum Gasteiger partial charge on any atom is -0.247 e. The second-order valence-electron chi connectivity index (χ2n) is 10.0. The van der Waals surface area contributed by atoms with E-state index in [0.717, 1.165) is 60.9 Å². The van der Waals surface area contributed by atoms with Crippen LogP contribution in [-0.4, -0.2) is 15.0 Å². The summed E-state index contributed by atoms with van der Waals surface area (Å²) in [6.45, 7) is 0. The van der Waals surface area contributed by atoms with Crippen molar-refractivity contribution in [3.05, 3.63) is 140 Å². The van der Waals surface area contributed by atoms with Crippen LogP contribution in [0.5, 0.6) is 0 Å². The van der Waals surface area contributed by atoms with Gasteiger partial charge in [0, 0.05) is 38.2 Å². The highest BCUT2D eigenvalue weighted by molar-refractivity contribution is 6.17. The molecule has 0 unspecified atom stereocenters. The SMILES string of the molecule is c1ccc(-c2nc(-c3ccc(-c4c5ccccc5nc5c4ccc4ccccc45)cc3)c3ccccc3n2)cc1. The molecule has 0 aliphatic heterocycles. The first kappa shape index (κ1) is 22.6. The Morgan fingerprint density at radius 1 is 0.350 bits per heavy atom. The topological polar surface area (TPSA) is 38.7 Å². The van der Waals surface area contributed by atoms with E-state index in [1.165, 1.54) is 16.3 Å². The van der Waals surface area contributed by atoms with E-state index in [0.29, 0.717) is 0 Å². The first-order chi connectivity index (χ1) is 19.8. The van der Waals surface area contributed by atoms with Crippen LogP contribution in [0.25, 0.3) is 77.3 Å². The van der Waals surface area contributed by atoms with E-state index in [1.807, 2.05) is 30.3 Å². The highest BCUT2D eigenvalue weighted by Crippen LogP contribution is 2.38. The van der Waals surface area contributed by atoms with Crippen molar-refractivity contribution in [2.75, 3.05) is 0 Å².